The summed E-state index contributed by atoms with van der Waals surface area (Å²) in [4.78, 5) is 21.5. The molecule has 11 heavy (non-hydrogen) atoms. The normalized spacial score (nSPS) is 23.9. The van der Waals surface area contributed by atoms with Crippen molar-refractivity contribution in [3.05, 3.63) is 0 Å². The van der Waals surface area contributed by atoms with Gasteiger partial charge in [0, 0.05) is 12.1 Å². The van der Waals surface area contributed by atoms with Crippen molar-refractivity contribution in [3.8, 4) is 0 Å². The topological polar surface area (TPSA) is 84.6 Å². The van der Waals surface area contributed by atoms with Crippen LogP contribution >= 0.6 is 0 Å². The highest BCUT2D eigenvalue weighted by atomic mass is 16.2. The summed E-state index contributed by atoms with van der Waals surface area (Å²) in [7, 11) is 0. The number of nitrogens with zero attached hydrogens (tertiary/aromatic N) is 1. The van der Waals surface area contributed by atoms with E-state index in [0.717, 1.165) is 0 Å². The fourth-order valence-corrected chi connectivity index (χ4v) is 0.892. The number of nitrogens with two attached hydrogens (primary N) is 1. The van der Waals surface area contributed by atoms with Crippen LogP contribution in [-0.4, -0.2) is 17.5 Å². The van der Waals surface area contributed by atoms with E-state index in [1.807, 2.05) is 0 Å². The van der Waals surface area contributed by atoms with Crippen LogP contribution in [0.1, 0.15) is 13.3 Å². The molecule has 0 aromatic rings. The van der Waals surface area contributed by atoms with Crippen molar-refractivity contribution in [2.45, 2.75) is 13.3 Å². The van der Waals surface area contributed by atoms with Gasteiger partial charge in [0.05, 0.1) is 0 Å². The molecule has 0 unspecified atom stereocenters. The second-order valence-corrected chi connectivity index (χ2v) is 2.48. The van der Waals surface area contributed by atoms with Crippen LogP contribution in [0.2, 0.25) is 0 Å². The van der Waals surface area contributed by atoms with Gasteiger partial charge in [0.1, 0.15) is 5.92 Å². The van der Waals surface area contributed by atoms with Gasteiger partial charge in [0.2, 0.25) is 5.91 Å². The molecule has 0 saturated carbocycles. The Morgan fingerprint density at radius 3 is 2.91 bits per heavy atom. The predicted molar refractivity (Wildman–Crippen MR) is 38.6 cm³/mol. The Morgan fingerprint density at radius 1 is 1.82 bits per heavy atom. The van der Waals surface area contributed by atoms with Crippen LogP contribution in [0.5, 0.6) is 0 Å². The minimum atomic E-state index is -0.743. The first kappa shape index (κ1) is 7.71. The maximum absolute atomic E-state index is 10.9. The summed E-state index contributed by atoms with van der Waals surface area (Å²) in [6.07, 6.45) is 0.334. The first-order chi connectivity index (χ1) is 5.11. The number of hydrazone groups is 1. The summed E-state index contributed by atoms with van der Waals surface area (Å²) in [5.41, 5.74) is 7.89. The Balaban J connectivity index is 2.76. The van der Waals surface area contributed by atoms with Gasteiger partial charge in [0.15, 0.2) is 0 Å². The third-order valence-corrected chi connectivity index (χ3v) is 1.52. The number of amides is 2. The molecule has 0 bridgehead atoms. The van der Waals surface area contributed by atoms with E-state index in [4.69, 9.17) is 5.73 Å². The zero-order chi connectivity index (χ0) is 8.43. The van der Waals surface area contributed by atoms with Crippen LogP contribution in [0.15, 0.2) is 5.10 Å². The number of rotatable bonds is 1. The van der Waals surface area contributed by atoms with Gasteiger partial charge in [0.25, 0.3) is 5.91 Å². The van der Waals surface area contributed by atoms with E-state index in [1.165, 1.54) is 0 Å². The van der Waals surface area contributed by atoms with Crippen LogP contribution < -0.4 is 11.2 Å². The molecule has 0 spiro atoms. The Labute approximate surface area is 63.6 Å². The quantitative estimate of drug-likeness (QED) is 0.475. The number of hydrogen-bond acceptors (Lipinski definition) is 3. The number of hydrogen-bond donors (Lipinski definition) is 2. The van der Waals surface area contributed by atoms with E-state index in [-0.39, 0.29) is 0 Å². The molecule has 5 heteroatoms. The fourth-order valence-electron chi connectivity index (χ4n) is 0.892. The predicted octanol–water partition coefficient (Wildman–Crippen LogP) is -1.02. The molecular formula is C6H9N3O2. The minimum Gasteiger partial charge on any atom is -0.369 e. The highest BCUT2D eigenvalue weighted by molar-refractivity contribution is 6.05. The van der Waals surface area contributed by atoms with E-state index in [2.05, 4.69) is 10.5 Å². The summed E-state index contributed by atoms with van der Waals surface area (Å²) in [5.74, 6) is -1.76. The number of primary amides is 1. The standard InChI is InChI=1S/C6H9N3O2/c1-3-2-4(5(7)10)6(11)9-8-3/h4H,2H2,1H3,(H2,7,10)(H,9,11)/t4-/m1/s1. The molecule has 0 aromatic carbocycles. The van der Waals surface area contributed by atoms with Gasteiger partial charge in [-0.3, -0.25) is 9.59 Å². The average molecular weight is 155 g/mol. The van der Waals surface area contributed by atoms with Gasteiger partial charge in [-0.05, 0) is 6.92 Å². The summed E-state index contributed by atoms with van der Waals surface area (Å²) >= 11 is 0. The van der Waals surface area contributed by atoms with Gasteiger partial charge >= 0.3 is 0 Å². The minimum absolute atomic E-state index is 0.334. The van der Waals surface area contributed by atoms with Gasteiger partial charge in [-0.25, -0.2) is 5.43 Å². The smallest absolute Gasteiger partial charge is 0.253 e. The molecule has 2 amide bonds. The maximum atomic E-state index is 10.9. The van der Waals surface area contributed by atoms with Crippen LogP contribution in [-0.2, 0) is 9.59 Å². The number of carbonyl (C=O) groups excluding carboxylic acids is 2. The van der Waals surface area contributed by atoms with Crippen LogP contribution in [0.25, 0.3) is 0 Å². The van der Waals surface area contributed by atoms with Crippen molar-refractivity contribution >= 4 is 17.5 Å². The molecule has 5 nitrogen and oxygen atoms in total. The zero-order valence-electron chi connectivity index (χ0n) is 6.13. The van der Waals surface area contributed by atoms with E-state index in [0.29, 0.717) is 12.1 Å². The van der Waals surface area contributed by atoms with Gasteiger partial charge in [-0.2, -0.15) is 5.10 Å². The maximum Gasteiger partial charge on any atom is 0.253 e. The molecule has 0 fully saturated rings. The Hall–Kier alpha value is -1.39. The van der Waals surface area contributed by atoms with Crippen LogP contribution in [0.4, 0.5) is 0 Å². The molecule has 1 heterocycles. The van der Waals surface area contributed by atoms with E-state index in [9.17, 15) is 9.59 Å². The fraction of sp³-hybridized carbons (Fsp3) is 0.500. The molecule has 1 aliphatic heterocycles. The lowest BCUT2D eigenvalue weighted by Gasteiger charge is -2.15. The van der Waals surface area contributed by atoms with Crippen molar-refractivity contribution in [2.24, 2.45) is 16.8 Å². The summed E-state index contributed by atoms with van der Waals surface area (Å²) in [6, 6.07) is 0. The highest BCUT2D eigenvalue weighted by Crippen LogP contribution is 2.07. The molecule has 0 saturated heterocycles. The number of nitrogens with one attached hydrogen (secondary N) is 1. The lowest BCUT2D eigenvalue weighted by molar-refractivity contribution is -0.133. The Bertz CT molecular complexity index is 234. The van der Waals surface area contributed by atoms with Crippen molar-refractivity contribution < 1.29 is 9.59 Å². The molecule has 0 radical (unpaired) electrons. The van der Waals surface area contributed by atoms with E-state index >= 15 is 0 Å². The van der Waals surface area contributed by atoms with Crippen molar-refractivity contribution in [1.29, 1.82) is 0 Å². The van der Waals surface area contributed by atoms with E-state index < -0.39 is 17.7 Å². The first-order valence-corrected chi connectivity index (χ1v) is 3.23. The SMILES string of the molecule is CC1=NNC(=O)[C@@H](C(N)=O)C1. The van der Waals surface area contributed by atoms with Crippen molar-refractivity contribution in [2.75, 3.05) is 0 Å². The van der Waals surface area contributed by atoms with Gasteiger partial charge in [-0.1, -0.05) is 0 Å². The summed E-state index contributed by atoms with van der Waals surface area (Å²) in [6.45, 7) is 1.73. The summed E-state index contributed by atoms with van der Waals surface area (Å²) in [5, 5.41) is 3.65. The molecule has 0 aromatic heterocycles. The summed E-state index contributed by atoms with van der Waals surface area (Å²) < 4.78 is 0. The van der Waals surface area contributed by atoms with Crippen LogP contribution in [0, 0.1) is 5.92 Å². The Kier molecular flexibility index (Phi) is 1.89. The lowest BCUT2D eigenvalue weighted by Crippen LogP contribution is -2.41. The third-order valence-electron chi connectivity index (χ3n) is 1.52. The molecule has 60 valence electrons. The number of carbonyl (C=O) groups is 2. The van der Waals surface area contributed by atoms with Crippen LogP contribution in [0.3, 0.4) is 0 Å². The highest BCUT2D eigenvalue weighted by Gasteiger charge is 2.27. The first-order valence-electron chi connectivity index (χ1n) is 3.23. The molecular weight excluding hydrogens is 146 g/mol. The lowest BCUT2D eigenvalue weighted by atomic mass is 10.0. The molecule has 1 rings (SSSR count). The van der Waals surface area contributed by atoms with Crippen molar-refractivity contribution in [1.82, 2.24) is 5.43 Å². The zero-order valence-corrected chi connectivity index (χ0v) is 6.13. The molecule has 1 atom stereocenters. The van der Waals surface area contributed by atoms with Crippen molar-refractivity contribution in [3.63, 3.8) is 0 Å². The third kappa shape index (κ3) is 1.54. The van der Waals surface area contributed by atoms with E-state index in [1.54, 1.807) is 6.92 Å². The molecule has 3 N–H and O–H groups in total. The molecule has 1 aliphatic rings. The second-order valence-electron chi connectivity index (χ2n) is 2.48. The van der Waals surface area contributed by atoms with Gasteiger partial charge in [-0.15, -0.1) is 0 Å². The largest absolute Gasteiger partial charge is 0.369 e. The average Bonchev–Trinajstić information content (AvgIpc) is 1.94. The Morgan fingerprint density at radius 2 is 2.45 bits per heavy atom. The monoisotopic (exact) mass is 155 g/mol. The van der Waals surface area contributed by atoms with Gasteiger partial charge < -0.3 is 5.73 Å². The second kappa shape index (κ2) is 2.69. The molecule has 0 aliphatic carbocycles.